The van der Waals surface area contributed by atoms with Gasteiger partial charge in [0.05, 0.1) is 31.5 Å². The summed E-state index contributed by atoms with van der Waals surface area (Å²) >= 11 is 0. The van der Waals surface area contributed by atoms with Crippen molar-refractivity contribution in [1.82, 2.24) is 53.2 Å². The van der Waals surface area contributed by atoms with Crippen molar-refractivity contribution in [3.63, 3.8) is 0 Å². The van der Waals surface area contributed by atoms with Gasteiger partial charge in [-0.1, -0.05) is 146 Å². The molecule has 0 saturated carbocycles. The van der Waals surface area contributed by atoms with Gasteiger partial charge in [0.2, 0.25) is 70.9 Å². The standard InChI is InChI=1S/C72H88N14O14/c1-2-77-61(89)41-55(64(75)92)82-71(99)59(39-46-21-11-5-12-22-46)86-72(100)60(40-47-23-13-6-14-24-47)84-68(96)54(81-67(95)53(74)36-49-28-32-51(88)33-29-49)25-15-16-34-78-62(90)42-56(65(76)93)83-70(98)58(38-45-19-9-4-10-20-45)85-69(97)57(37-44-17-7-3-8-18-44)80-63(91)43-79-66(94)52(73)35-48-26-30-50(87)31-27-48/h3-14,17-24,26-33,52-60,87-88H,2,15-16,25,34-43,73-74H2,1H3,(H2,75,92)(H2,76,93)(H,77,89)(H,78,90)(H,79,94)(H,80,91)(H,81,95)(H,82,99)(H,83,98)(H,84,96)(H,85,97)(H,86,100)/t52-,53-,54+,55-,56-,57-,58-,59-,60-/m0/s1. The van der Waals surface area contributed by atoms with Crippen molar-refractivity contribution >= 4 is 70.9 Å². The second-order valence-corrected chi connectivity index (χ2v) is 23.9. The maximum atomic E-state index is 14.7. The van der Waals surface area contributed by atoms with E-state index < -0.39 is 145 Å². The van der Waals surface area contributed by atoms with Crippen LogP contribution < -0.4 is 76.1 Å². The zero-order valence-electron chi connectivity index (χ0n) is 55.4. The summed E-state index contributed by atoms with van der Waals surface area (Å²) in [5, 5.41) is 45.6. The molecule has 530 valence electrons. The maximum Gasteiger partial charge on any atom is 0.243 e. The number of hydrogen-bond donors (Lipinski definition) is 16. The third kappa shape index (κ3) is 27.2. The first-order chi connectivity index (χ1) is 47.9. The van der Waals surface area contributed by atoms with Crippen LogP contribution in [-0.4, -0.2) is 155 Å². The van der Waals surface area contributed by atoms with E-state index in [2.05, 4.69) is 53.2 Å². The number of hydrogen-bond acceptors (Lipinski definition) is 16. The molecule has 20 N–H and O–H groups in total. The lowest BCUT2D eigenvalue weighted by Gasteiger charge is -2.27. The van der Waals surface area contributed by atoms with Gasteiger partial charge in [0.1, 0.15) is 53.8 Å². The molecule has 100 heavy (non-hydrogen) atoms. The molecule has 12 amide bonds. The molecule has 0 spiro atoms. The van der Waals surface area contributed by atoms with Crippen LogP contribution in [0.25, 0.3) is 0 Å². The Morgan fingerprint density at radius 1 is 0.330 bits per heavy atom. The van der Waals surface area contributed by atoms with Gasteiger partial charge in [-0.05, 0) is 96.7 Å². The molecule has 28 nitrogen and oxygen atoms in total. The minimum Gasteiger partial charge on any atom is -0.508 e. The van der Waals surface area contributed by atoms with Gasteiger partial charge >= 0.3 is 0 Å². The smallest absolute Gasteiger partial charge is 0.243 e. The van der Waals surface area contributed by atoms with Crippen LogP contribution in [0.15, 0.2) is 170 Å². The van der Waals surface area contributed by atoms with E-state index in [-0.39, 0.29) is 82.4 Å². The highest BCUT2D eigenvalue weighted by Gasteiger charge is 2.35. The van der Waals surface area contributed by atoms with Crippen LogP contribution in [0.3, 0.4) is 0 Å². The van der Waals surface area contributed by atoms with Crippen LogP contribution in [0.1, 0.15) is 72.4 Å². The third-order valence-corrected chi connectivity index (χ3v) is 15.9. The van der Waals surface area contributed by atoms with E-state index in [4.69, 9.17) is 22.9 Å². The number of nitrogens with two attached hydrogens (primary N) is 4. The van der Waals surface area contributed by atoms with Gasteiger partial charge in [-0.25, -0.2) is 0 Å². The normalized spacial score (nSPS) is 13.6. The fraction of sp³-hybridized carbons (Fsp3) is 0.333. The molecule has 0 saturated heterocycles. The molecule has 0 aromatic heterocycles. The lowest BCUT2D eigenvalue weighted by atomic mass is 10.0. The first kappa shape index (κ1) is 77.5. The number of benzene rings is 6. The summed E-state index contributed by atoms with van der Waals surface area (Å²) in [7, 11) is 0. The van der Waals surface area contributed by atoms with E-state index in [1.807, 2.05) is 0 Å². The number of aromatic hydroxyl groups is 2. The lowest BCUT2D eigenvalue weighted by Crippen LogP contribution is -2.59. The van der Waals surface area contributed by atoms with Gasteiger partial charge in [0.25, 0.3) is 0 Å². The molecule has 0 radical (unpaired) electrons. The number of unbranched alkanes of at least 4 members (excludes halogenated alkanes) is 1. The van der Waals surface area contributed by atoms with Crippen LogP contribution in [-0.2, 0) is 96.1 Å². The summed E-state index contributed by atoms with van der Waals surface area (Å²) in [6.07, 6.45) is -1.29. The predicted octanol–water partition coefficient (Wildman–Crippen LogP) is -0.808. The summed E-state index contributed by atoms with van der Waals surface area (Å²) in [4.78, 5) is 164. The Bertz CT molecular complexity index is 3710. The summed E-state index contributed by atoms with van der Waals surface area (Å²) in [6.45, 7) is 1.28. The Morgan fingerprint density at radius 2 is 0.640 bits per heavy atom. The highest BCUT2D eigenvalue weighted by atomic mass is 16.3. The zero-order chi connectivity index (χ0) is 72.5. The Balaban J connectivity index is 1.13. The fourth-order valence-corrected chi connectivity index (χ4v) is 10.5. The number of amides is 12. The average Bonchev–Trinajstić information content (AvgIpc) is 0.868. The van der Waals surface area contributed by atoms with Gasteiger partial charge in [0, 0.05) is 38.8 Å². The minimum absolute atomic E-state index is 0.00787. The highest BCUT2D eigenvalue weighted by molar-refractivity contribution is 5.98. The molecular weight excluding hydrogens is 1280 g/mol. The van der Waals surface area contributed by atoms with Gasteiger partial charge in [0.15, 0.2) is 0 Å². The molecular formula is C72H88N14O14. The lowest BCUT2D eigenvalue weighted by molar-refractivity contribution is -0.135. The topological polar surface area (TPSA) is 470 Å². The number of primary amides is 2. The summed E-state index contributed by atoms with van der Waals surface area (Å²) in [6, 6.07) is 34.2. The number of carbonyl (C=O) groups excluding carboxylic acids is 12. The number of carbonyl (C=O) groups is 12. The van der Waals surface area contributed by atoms with Crippen LogP contribution in [0.2, 0.25) is 0 Å². The van der Waals surface area contributed by atoms with Gasteiger partial charge < -0.3 is 86.3 Å². The quantitative estimate of drug-likeness (QED) is 0.0209. The van der Waals surface area contributed by atoms with Gasteiger partial charge in [-0.2, -0.15) is 0 Å². The third-order valence-electron chi connectivity index (χ3n) is 15.9. The van der Waals surface area contributed by atoms with Crippen molar-refractivity contribution in [3.05, 3.63) is 203 Å². The van der Waals surface area contributed by atoms with Crippen LogP contribution in [0.5, 0.6) is 11.5 Å². The molecule has 6 rings (SSSR count). The van der Waals surface area contributed by atoms with Crippen molar-refractivity contribution in [2.24, 2.45) is 22.9 Å². The summed E-state index contributed by atoms with van der Waals surface area (Å²) < 4.78 is 0. The van der Waals surface area contributed by atoms with Crippen molar-refractivity contribution in [2.45, 2.75) is 132 Å². The maximum absolute atomic E-state index is 14.7. The summed E-state index contributed by atoms with van der Waals surface area (Å²) in [5.41, 5.74) is 27.5. The molecule has 0 fully saturated rings. The Labute approximate surface area is 578 Å². The zero-order valence-corrected chi connectivity index (χ0v) is 55.4. The van der Waals surface area contributed by atoms with E-state index in [0.29, 0.717) is 33.4 Å². The number of phenolic OH excluding ortho intramolecular Hbond substituents is 2. The highest BCUT2D eigenvalue weighted by Crippen LogP contribution is 2.16. The fourth-order valence-electron chi connectivity index (χ4n) is 10.5. The molecule has 0 unspecified atom stereocenters. The van der Waals surface area contributed by atoms with E-state index in [0.717, 1.165) is 0 Å². The van der Waals surface area contributed by atoms with Crippen LogP contribution in [0.4, 0.5) is 0 Å². The number of phenols is 2. The van der Waals surface area contributed by atoms with Gasteiger partial charge in [-0.3, -0.25) is 57.5 Å². The van der Waals surface area contributed by atoms with Crippen molar-refractivity contribution in [3.8, 4) is 11.5 Å². The molecule has 0 heterocycles. The Morgan fingerprint density at radius 3 is 1.00 bits per heavy atom. The molecule has 0 aliphatic heterocycles. The average molecular weight is 1370 g/mol. The molecule has 0 bridgehead atoms. The monoisotopic (exact) mass is 1370 g/mol. The number of nitrogens with one attached hydrogen (secondary N) is 10. The van der Waals surface area contributed by atoms with Crippen molar-refractivity contribution in [2.75, 3.05) is 19.6 Å². The predicted molar refractivity (Wildman–Crippen MR) is 370 cm³/mol. The van der Waals surface area contributed by atoms with E-state index >= 15 is 0 Å². The van der Waals surface area contributed by atoms with E-state index in [1.54, 1.807) is 153 Å². The van der Waals surface area contributed by atoms with E-state index in [1.165, 1.54) is 24.3 Å². The molecule has 28 heteroatoms. The Hall–Kier alpha value is -11.5. The van der Waals surface area contributed by atoms with Crippen LogP contribution in [0, 0.1) is 0 Å². The first-order valence-electron chi connectivity index (χ1n) is 32.7. The van der Waals surface area contributed by atoms with Gasteiger partial charge in [-0.15, -0.1) is 0 Å². The van der Waals surface area contributed by atoms with Crippen LogP contribution >= 0.6 is 0 Å². The molecule has 9 atom stereocenters. The van der Waals surface area contributed by atoms with Crippen molar-refractivity contribution in [1.29, 1.82) is 0 Å². The molecule has 0 aliphatic carbocycles. The first-order valence-corrected chi connectivity index (χ1v) is 32.7. The van der Waals surface area contributed by atoms with E-state index in [9.17, 15) is 67.7 Å². The molecule has 6 aromatic rings. The number of rotatable bonds is 40. The largest absolute Gasteiger partial charge is 0.508 e. The second kappa shape index (κ2) is 40.3. The molecule has 6 aromatic carbocycles. The summed E-state index contributed by atoms with van der Waals surface area (Å²) in [5.74, 6) is -9.83. The van der Waals surface area contributed by atoms with Crippen molar-refractivity contribution < 1.29 is 67.7 Å². The SMILES string of the molecule is CCNC(=O)C[C@H](NC(=O)[C@H](Cc1ccccc1)NC(=O)[C@H](Cc1ccccc1)NC(=O)[C@@H](CCCCNC(=O)C[C@H](NC(=O)[C@H](Cc1ccccc1)NC(=O)[C@H](Cc1ccccc1)NC(=O)CNC(=O)[C@@H](N)Cc1ccc(O)cc1)C(N)=O)NC(=O)[C@@H](N)Cc1ccc(O)cc1)C(N)=O. The Kier molecular flexibility index (Phi) is 31.2. The minimum atomic E-state index is -1.62. The molecule has 0 aliphatic rings. The second-order valence-electron chi connectivity index (χ2n) is 23.9.